The molecule has 1 aromatic rings. The van der Waals surface area contributed by atoms with Crippen molar-refractivity contribution in [3.63, 3.8) is 0 Å². The molecule has 0 unspecified atom stereocenters. The molecule has 2 N–H and O–H groups in total. The predicted molar refractivity (Wildman–Crippen MR) is 52.2 cm³/mol. The summed E-state index contributed by atoms with van der Waals surface area (Å²) >= 11 is 0. The maximum absolute atomic E-state index is 8.85. The van der Waals surface area contributed by atoms with Gasteiger partial charge in [-0.15, -0.1) is 0 Å². The first kappa shape index (κ1) is 10.2. The van der Waals surface area contributed by atoms with Gasteiger partial charge in [0.05, 0.1) is 0 Å². The first-order chi connectivity index (χ1) is 6.24. The Kier molecular flexibility index (Phi) is 3.93. The van der Waals surface area contributed by atoms with E-state index in [0.717, 1.165) is 6.42 Å². The number of aliphatic hydroxyl groups excluding tert-OH is 1. The minimum absolute atomic E-state index is 0.556. The van der Waals surface area contributed by atoms with E-state index in [0.29, 0.717) is 5.56 Å². The molecule has 0 spiro atoms. The van der Waals surface area contributed by atoms with Crippen LogP contribution in [0.5, 0.6) is 0 Å². The average molecular weight is 180 g/mol. The lowest BCUT2D eigenvalue weighted by molar-refractivity contribution is -0.0424. The van der Waals surface area contributed by atoms with Crippen LogP contribution in [0.15, 0.2) is 24.3 Å². The number of rotatable bonds is 4. The predicted octanol–water partition coefficient (Wildman–Crippen LogP) is 2.01. The van der Waals surface area contributed by atoms with Gasteiger partial charge in [0.1, 0.15) is 0 Å². The summed E-state index contributed by atoms with van der Waals surface area (Å²) in [6, 6.07) is 7.42. The molecular formula is C11H16O2. The molecule has 0 bridgehead atoms. The summed E-state index contributed by atoms with van der Waals surface area (Å²) in [4.78, 5) is 0. The van der Waals surface area contributed by atoms with E-state index in [9.17, 15) is 0 Å². The summed E-state index contributed by atoms with van der Waals surface area (Å²) < 4.78 is 0. The molecule has 1 aromatic carbocycles. The Balaban J connectivity index is 2.59. The topological polar surface area (TPSA) is 40.5 Å². The van der Waals surface area contributed by atoms with Crippen molar-refractivity contribution in [1.82, 2.24) is 0 Å². The number of unbranched alkanes of at least 4 members (excludes halogenated alkanes) is 1. The normalized spacial score (nSPS) is 10.8. The Hall–Kier alpha value is -0.860. The lowest BCUT2D eigenvalue weighted by atomic mass is 10.1. The van der Waals surface area contributed by atoms with Crippen molar-refractivity contribution in [2.75, 3.05) is 0 Å². The van der Waals surface area contributed by atoms with Crippen LogP contribution in [0, 0.1) is 0 Å². The van der Waals surface area contributed by atoms with E-state index in [1.165, 1.54) is 18.4 Å². The van der Waals surface area contributed by atoms with Gasteiger partial charge < -0.3 is 10.2 Å². The third-order valence-corrected chi connectivity index (χ3v) is 2.10. The second-order valence-corrected chi connectivity index (χ2v) is 3.22. The molecule has 1 rings (SSSR count). The van der Waals surface area contributed by atoms with Gasteiger partial charge in [0.25, 0.3) is 0 Å². The SMILES string of the molecule is CCCCc1ccc(C(O)O)cc1. The van der Waals surface area contributed by atoms with E-state index in [1.807, 2.05) is 12.1 Å². The summed E-state index contributed by atoms with van der Waals surface area (Å²) in [5, 5.41) is 17.7. The van der Waals surface area contributed by atoms with Gasteiger partial charge in [0, 0.05) is 5.56 Å². The Bertz CT molecular complexity index is 239. The summed E-state index contributed by atoms with van der Waals surface area (Å²) in [7, 11) is 0. The van der Waals surface area contributed by atoms with Crippen LogP contribution in [0.3, 0.4) is 0 Å². The van der Waals surface area contributed by atoms with Crippen molar-refractivity contribution in [2.24, 2.45) is 0 Å². The van der Waals surface area contributed by atoms with Crippen LogP contribution in [0.2, 0.25) is 0 Å². The molecule has 0 fully saturated rings. The van der Waals surface area contributed by atoms with Gasteiger partial charge in [0.2, 0.25) is 0 Å². The number of aryl methyl sites for hydroxylation is 1. The van der Waals surface area contributed by atoms with Gasteiger partial charge in [0.15, 0.2) is 6.29 Å². The van der Waals surface area contributed by atoms with Crippen molar-refractivity contribution in [3.05, 3.63) is 35.4 Å². The highest BCUT2D eigenvalue weighted by Gasteiger charge is 2.00. The molecule has 72 valence electrons. The molecular weight excluding hydrogens is 164 g/mol. The fourth-order valence-electron chi connectivity index (χ4n) is 1.24. The standard InChI is InChI=1S/C11H16O2/c1-2-3-4-9-5-7-10(8-6-9)11(12)13/h5-8,11-13H,2-4H2,1H3. The molecule has 2 nitrogen and oxygen atoms in total. The van der Waals surface area contributed by atoms with Crippen LogP contribution < -0.4 is 0 Å². The molecule has 0 saturated heterocycles. The van der Waals surface area contributed by atoms with Crippen molar-refractivity contribution >= 4 is 0 Å². The van der Waals surface area contributed by atoms with Crippen LogP contribution in [0.4, 0.5) is 0 Å². The van der Waals surface area contributed by atoms with E-state index >= 15 is 0 Å². The fraction of sp³-hybridized carbons (Fsp3) is 0.455. The highest BCUT2D eigenvalue weighted by Crippen LogP contribution is 2.12. The fourth-order valence-corrected chi connectivity index (χ4v) is 1.24. The van der Waals surface area contributed by atoms with Gasteiger partial charge in [-0.25, -0.2) is 0 Å². The Labute approximate surface area is 78.8 Å². The van der Waals surface area contributed by atoms with Crippen LogP contribution >= 0.6 is 0 Å². The van der Waals surface area contributed by atoms with Crippen LogP contribution in [0.1, 0.15) is 37.2 Å². The number of hydrogen-bond donors (Lipinski definition) is 2. The highest BCUT2D eigenvalue weighted by atomic mass is 16.5. The molecule has 13 heavy (non-hydrogen) atoms. The Morgan fingerprint density at radius 3 is 2.23 bits per heavy atom. The lowest BCUT2D eigenvalue weighted by Gasteiger charge is -2.04. The van der Waals surface area contributed by atoms with Gasteiger partial charge in [-0.2, -0.15) is 0 Å². The van der Waals surface area contributed by atoms with Crippen molar-refractivity contribution in [2.45, 2.75) is 32.5 Å². The van der Waals surface area contributed by atoms with Crippen molar-refractivity contribution < 1.29 is 10.2 Å². The summed E-state index contributed by atoms with van der Waals surface area (Å²) in [6.07, 6.45) is 2.09. The lowest BCUT2D eigenvalue weighted by Crippen LogP contribution is -1.94. The van der Waals surface area contributed by atoms with E-state index in [4.69, 9.17) is 10.2 Å². The molecule has 2 heteroatoms. The molecule has 0 radical (unpaired) electrons. The quantitative estimate of drug-likeness (QED) is 0.696. The third kappa shape index (κ3) is 3.17. The molecule has 0 saturated carbocycles. The number of benzene rings is 1. The molecule has 0 aliphatic heterocycles. The maximum atomic E-state index is 8.85. The van der Waals surface area contributed by atoms with Gasteiger partial charge in [-0.1, -0.05) is 37.6 Å². The second kappa shape index (κ2) is 5.00. The summed E-state index contributed by atoms with van der Waals surface area (Å²) in [5.41, 5.74) is 1.81. The Morgan fingerprint density at radius 1 is 1.15 bits per heavy atom. The van der Waals surface area contributed by atoms with Crippen LogP contribution in [-0.2, 0) is 6.42 Å². The third-order valence-electron chi connectivity index (χ3n) is 2.10. The maximum Gasteiger partial charge on any atom is 0.178 e. The van der Waals surface area contributed by atoms with Gasteiger partial charge >= 0.3 is 0 Å². The van der Waals surface area contributed by atoms with Crippen molar-refractivity contribution in [3.8, 4) is 0 Å². The molecule has 0 aliphatic carbocycles. The summed E-state index contributed by atoms with van der Waals surface area (Å²) in [5.74, 6) is 0. The van der Waals surface area contributed by atoms with E-state index in [2.05, 4.69) is 6.92 Å². The van der Waals surface area contributed by atoms with Gasteiger partial charge in [-0.05, 0) is 18.4 Å². The molecule has 0 heterocycles. The minimum Gasteiger partial charge on any atom is -0.364 e. The zero-order valence-corrected chi connectivity index (χ0v) is 7.90. The summed E-state index contributed by atoms with van der Waals surface area (Å²) in [6.45, 7) is 2.16. The van der Waals surface area contributed by atoms with E-state index in [-0.39, 0.29) is 0 Å². The second-order valence-electron chi connectivity index (χ2n) is 3.22. The molecule has 0 atom stereocenters. The Morgan fingerprint density at radius 2 is 1.77 bits per heavy atom. The molecule has 0 aliphatic rings. The average Bonchev–Trinajstić information content (AvgIpc) is 2.15. The first-order valence-electron chi connectivity index (χ1n) is 4.69. The van der Waals surface area contributed by atoms with E-state index in [1.54, 1.807) is 12.1 Å². The minimum atomic E-state index is -1.35. The monoisotopic (exact) mass is 180 g/mol. The molecule has 0 amide bonds. The zero-order chi connectivity index (χ0) is 9.68. The number of aliphatic hydroxyl groups is 2. The smallest absolute Gasteiger partial charge is 0.178 e. The van der Waals surface area contributed by atoms with Crippen LogP contribution in [-0.4, -0.2) is 10.2 Å². The van der Waals surface area contributed by atoms with Gasteiger partial charge in [-0.3, -0.25) is 0 Å². The molecule has 0 aromatic heterocycles. The van der Waals surface area contributed by atoms with Crippen molar-refractivity contribution in [1.29, 1.82) is 0 Å². The first-order valence-corrected chi connectivity index (χ1v) is 4.69. The zero-order valence-electron chi connectivity index (χ0n) is 7.90. The van der Waals surface area contributed by atoms with Crippen LogP contribution in [0.25, 0.3) is 0 Å². The largest absolute Gasteiger partial charge is 0.364 e. The number of hydrogen-bond acceptors (Lipinski definition) is 2. The highest BCUT2D eigenvalue weighted by molar-refractivity contribution is 5.23. The van der Waals surface area contributed by atoms with E-state index < -0.39 is 6.29 Å².